The van der Waals surface area contributed by atoms with Crippen LogP contribution in [-0.2, 0) is 0 Å². The van der Waals surface area contributed by atoms with Gasteiger partial charge in [-0.3, -0.25) is 0 Å². The van der Waals surface area contributed by atoms with Crippen LogP contribution >= 0.6 is 0 Å². The van der Waals surface area contributed by atoms with E-state index in [0.717, 1.165) is 6.04 Å². The van der Waals surface area contributed by atoms with Gasteiger partial charge in [0.2, 0.25) is 0 Å². The average Bonchev–Trinajstić information content (AvgIpc) is 2.79. The Kier molecular flexibility index (Phi) is 6.65. The minimum Gasteiger partial charge on any atom is -0.315 e. The number of likely N-dealkylation sites (tertiary alicyclic amines) is 1. The molecule has 1 fully saturated rings. The molecule has 1 atom stereocenters. The van der Waals surface area contributed by atoms with E-state index in [9.17, 15) is 0 Å². The molecule has 0 saturated carbocycles. The van der Waals surface area contributed by atoms with Crippen LogP contribution in [0, 0.1) is 5.41 Å². The van der Waals surface area contributed by atoms with Crippen LogP contribution in [0.1, 0.15) is 66.7 Å². The second-order valence-electron chi connectivity index (χ2n) is 6.53. The van der Waals surface area contributed by atoms with Crippen LogP contribution in [0.15, 0.2) is 0 Å². The lowest BCUT2D eigenvalue weighted by Crippen LogP contribution is -2.34. The summed E-state index contributed by atoms with van der Waals surface area (Å²) in [6.45, 7) is 15.4. The van der Waals surface area contributed by atoms with E-state index in [-0.39, 0.29) is 0 Å². The van der Waals surface area contributed by atoms with Gasteiger partial charge in [-0.15, -0.1) is 0 Å². The Labute approximate surface area is 115 Å². The molecule has 0 amide bonds. The second-order valence-corrected chi connectivity index (χ2v) is 6.53. The van der Waals surface area contributed by atoms with E-state index in [2.05, 4.69) is 44.8 Å². The fourth-order valence-corrected chi connectivity index (χ4v) is 3.14. The van der Waals surface area contributed by atoms with Gasteiger partial charge in [0, 0.05) is 18.6 Å². The molecule has 108 valence electrons. The standard InChI is InChI=1S/C16H34N2/c1-6-16(7-2)10-12-18(13-16)15(5)9-8-11-17-14(3)4/h14-15,17H,6-13H2,1-5H3. The number of nitrogens with zero attached hydrogens (tertiary/aromatic N) is 1. The molecule has 2 heteroatoms. The molecule has 1 rings (SSSR count). The Hall–Kier alpha value is -0.0800. The average molecular weight is 254 g/mol. The van der Waals surface area contributed by atoms with Crippen LogP contribution in [0.4, 0.5) is 0 Å². The molecule has 0 aromatic carbocycles. The number of nitrogens with one attached hydrogen (secondary N) is 1. The summed E-state index contributed by atoms with van der Waals surface area (Å²) in [5.74, 6) is 0. The fourth-order valence-electron chi connectivity index (χ4n) is 3.14. The Morgan fingerprint density at radius 2 is 1.83 bits per heavy atom. The van der Waals surface area contributed by atoms with E-state index in [1.54, 1.807) is 0 Å². The minimum absolute atomic E-state index is 0.625. The summed E-state index contributed by atoms with van der Waals surface area (Å²) in [5.41, 5.74) is 0.629. The van der Waals surface area contributed by atoms with Gasteiger partial charge < -0.3 is 10.2 Å². The van der Waals surface area contributed by atoms with Crippen LogP contribution in [-0.4, -0.2) is 36.6 Å². The molecule has 2 nitrogen and oxygen atoms in total. The minimum atomic E-state index is 0.625. The van der Waals surface area contributed by atoms with Crippen molar-refractivity contribution in [2.24, 2.45) is 5.41 Å². The molecule has 1 saturated heterocycles. The van der Waals surface area contributed by atoms with Gasteiger partial charge in [0.05, 0.1) is 0 Å². The summed E-state index contributed by atoms with van der Waals surface area (Å²) in [4.78, 5) is 2.72. The van der Waals surface area contributed by atoms with Crippen molar-refractivity contribution in [3.05, 3.63) is 0 Å². The molecule has 1 heterocycles. The summed E-state index contributed by atoms with van der Waals surface area (Å²) in [6, 6.07) is 1.39. The molecule has 0 aromatic rings. The summed E-state index contributed by atoms with van der Waals surface area (Å²) >= 11 is 0. The Morgan fingerprint density at radius 1 is 1.17 bits per heavy atom. The van der Waals surface area contributed by atoms with Gasteiger partial charge in [-0.1, -0.05) is 27.7 Å². The van der Waals surface area contributed by atoms with Crippen molar-refractivity contribution < 1.29 is 0 Å². The first-order valence-electron chi connectivity index (χ1n) is 8.00. The molecule has 1 unspecified atom stereocenters. The third-order valence-corrected chi connectivity index (χ3v) is 4.94. The topological polar surface area (TPSA) is 15.3 Å². The van der Waals surface area contributed by atoms with Crippen molar-refractivity contribution in [1.82, 2.24) is 10.2 Å². The van der Waals surface area contributed by atoms with Crippen LogP contribution in [0.25, 0.3) is 0 Å². The highest BCUT2D eigenvalue weighted by atomic mass is 15.2. The molecule has 0 aromatic heterocycles. The van der Waals surface area contributed by atoms with Crippen molar-refractivity contribution in [3.63, 3.8) is 0 Å². The van der Waals surface area contributed by atoms with E-state index < -0.39 is 0 Å². The van der Waals surface area contributed by atoms with E-state index in [0.29, 0.717) is 11.5 Å². The predicted molar refractivity (Wildman–Crippen MR) is 81.0 cm³/mol. The molecular weight excluding hydrogens is 220 g/mol. The summed E-state index contributed by atoms with van der Waals surface area (Å²) in [7, 11) is 0. The maximum Gasteiger partial charge on any atom is 0.00676 e. The zero-order chi connectivity index (χ0) is 13.6. The maximum absolute atomic E-state index is 3.51. The SMILES string of the molecule is CCC1(CC)CCN(C(C)CCCNC(C)C)C1. The Bertz CT molecular complexity index is 221. The normalized spacial score (nSPS) is 21.7. The zero-order valence-electron chi connectivity index (χ0n) is 13.3. The third kappa shape index (κ3) is 4.55. The second kappa shape index (κ2) is 7.49. The molecule has 0 spiro atoms. The van der Waals surface area contributed by atoms with E-state index in [4.69, 9.17) is 0 Å². The monoisotopic (exact) mass is 254 g/mol. The lowest BCUT2D eigenvalue weighted by atomic mass is 9.82. The van der Waals surface area contributed by atoms with Gasteiger partial charge >= 0.3 is 0 Å². The van der Waals surface area contributed by atoms with Gasteiger partial charge in [-0.2, -0.15) is 0 Å². The molecule has 1 aliphatic heterocycles. The van der Waals surface area contributed by atoms with Crippen LogP contribution < -0.4 is 5.32 Å². The third-order valence-electron chi connectivity index (χ3n) is 4.94. The fraction of sp³-hybridized carbons (Fsp3) is 1.00. The van der Waals surface area contributed by atoms with Gasteiger partial charge in [0.25, 0.3) is 0 Å². The zero-order valence-corrected chi connectivity index (χ0v) is 13.3. The van der Waals surface area contributed by atoms with Gasteiger partial charge in [-0.05, 0) is 57.5 Å². The van der Waals surface area contributed by atoms with Crippen molar-refractivity contribution in [1.29, 1.82) is 0 Å². The van der Waals surface area contributed by atoms with Crippen molar-refractivity contribution in [2.45, 2.75) is 78.8 Å². The first-order chi connectivity index (χ1) is 8.53. The van der Waals surface area contributed by atoms with Gasteiger partial charge in [0.1, 0.15) is 0 Å². The van der Waals surface area contributed by atoms with Crippen LogP contribution in [0.5, 0.6) is 0 Å². The molecule has 0 bridgehead atoms. The van der Waals surface area contributed by atoms with E-state index >= 15 is 0 Å². The molecule has 18 heavy (non-hydrogen) atoms. The highest BCUT2D eigenvalue weighted by Crippen LogP contribution is 2.38. The summed E-state index contributed by atoms with van der Waals surface area (Å²) < 4.78 is 0. The highest BCUT2D eigenvalue weighted by molar-refractivity contribution is 4.89. The highest BCUT2D eigenvalue weighted by Gasteiger charge is 2.36. The lowest BCUT2D eigenvalue weighted by molar-refractivity contribution is 0.194. The molecular formula is C16H34N2. The number of hydrogen-bond acceptors (Lipinski definition) is 2. The van der Waals surface area contributed by atoms with Crippen molar-refractivity contribution in [3.8, 4) is 0 Å². The number of rotatable bonds is 8. The van der Waals surface area contributed by atoms with Gasteiger partial charge in [0.15, 0.2) is 0 Å². The first kappa shape index (κ1) is 16.0. The van der Waals surface area contributed by atoms with E-state index in [1.807, 2.05) is 0 Å². The van der Waals surface area contributed by atoms with E-state index in [1.165, 1.54) is 51.7 Å². The summed E-state index contributed by atoms with van der Waals surface area (Å²) in [6.07, 6.45) is 6.75. The van der Waals surface area contributed by atoms with Gasteiger partial charge in [-0.25, -0.2) is 0 Å². The quantitative estimate of drug-likeness (QED) is 0.665. The van der Waals surface area contributed by atoms with Crippen molar-refractivity contribution >= 4 is 0 Å². The molecule has 1 N–H and O–H groups in total. The Morgan fingerprint density at radius 3 is 2.33 bits per heavy atom. The number of hydrogen-bond donors (Lipinski definition) is 1. The Balaban J connectivity index is 2.25. The van der Waals surface area contributed by atoms with Crippen molar-refractivity contribution in [2.75, 3.05) is 19.6 Å². The largest absolute Gasteiger partial charge is 0.315 e. The molecule has 0 radical (unpaired) electrons. The smallest absolute Gasteiger partial charge is 0.00676 e. The summed E-state index contributed by atoms with van der Waals surface area (Å²) in [5, 5.41) is 3.51. The maximum atomic E-state index is 3.51. The first-order valence-corrected chi connectivity index (χ1v) is 8.00. The lowest BCUT2D eigenvalue weighted by Gasteiger charge is -2.29. The molecule has 0 aliphatic carbocycles. The van der Waals surface area contributed by atoms with Crippen LogP contribution in [0.3, 0.4) is 0 Å². The predicted octanol–water partition coefficient (Wildman–Crippen LogP) is 3.67. The molecule has 1 aliphatic rings. The van der Waals surface area contributed by atoms with Crippen LogP contribution in [0.2, 0.25) is 0 Å².